The molecule has 0 spiro atoms. The number of para-hydroxylation sites is 1. The molecule has 0 aromatic heterocycles. The number of allylic oxidation sites excluding steroid dienone is 1. The zero-order chi connectivity index (χ0) is 11.1. The third kappa shape index (κ3) is 3.40. The summed E-state index contributed by atoms with van der Waals surface area (Å²) in [5.41, 5.74) is 7.17. The smallest absolute Gasteiger partial charge is 0.124 e. The van der Waals surface area contributed by atoms with Crippen molar-refractivity contribution in [3.8, 4) is 5.75 Å². The highest BCUT2D eigenvalue weighted by molar-refractivity contribution is 5.35. The van der Waals surface area contributed by atoms with Crippen LogP contribution in [0.3, 0.4) is 0 Å². The third-order valence-corrected chi connectivity index (χ3v) is 2.30. The Bertz CT molecular complexity index is 309. The van der Waals surface area contributed by atoms with Gasteiger partial charge in [-0.05, 0) is 25.8 Å². The molecule has 0 amide bonds. The largest absolute Gasteiger partial charge is 0.494 e. The Hall–Kier alpha value is -1.28. The second kappa shape index (κ2) is 6.25. The predicted octanol–water partition coefficient (Wildman–Crippen LogP) is 3.05. The van der Waals surface area contributed by atoms with Crippen molar-refractivity contribution in [3.63, 3.8) is 0 Å². The van der Waals surface area contributed by atoms with E-state index in [0.29, 0.717) is 6.61 Å². The van der Waals surface area contributed by atoms with Crippen LogP contribution in [0.25, 0.3) is 0 Å². The molecule has 1 aromatic rings. The molecule has 0 aliphatic carbocycles. The van der Waals surface area contributed by atoms with Crippen LogP contribution >= 0.6 is 0 Å². The summed E-state index contributed by atoms with van der Waals surface area (Å²) in [6.45, 7) is 6.35. The van der Waals surface area contributed by atoms with E-state index in [1.165, 1.54) is 0 Å². The fourth-order valence-corrected chi connectivity index (χ4v) is 1.53. The quantitative estimate of drug-likeness (QED) is 0.724. The maximum atomic E-state index is 6.08. The number of rotatable bonds is 6. The molecule has 1 atom stereocenters. The van der Waals surface area contributed by atoms with Crippen molar-refractivity contribution < 1.29 is 4.74 Å². The molecule has 1 rings (SSSR count). The van der Waals surface area contributed by atoms with Gasteiger partial charge in [0.1, 0.15) is 5.75 Å². The molecule has 0 saturated heterocycles. The van der Waals surface area contributed by atoms with Gasteiger partial charge in [0, 0.05) is 11.6 Å². The first-order chi connectivity index (χ1) is 7.29. The molecule has 2 N–H and O–H groups in total. The summed E-state index contributed by atoms with van der Waals surface area (Å²) in [4.78, 5) is 0. The summed E-state index contributed by atoms with van der Waals surface area (Å²) in [6, 6.07) is 7.98. The summed E-state index contributed by atoms with van der Waals surface area (Å²) in [6.07, 6.45) is 3.73. The van der Waals surface area contributed by atoms with Gasteiger partial charge in [-0.3, -0.25) is 0 Å². The van der Waals surface area contributed by atoms with Gasteiger partial charge in [0.2, 0.25) is 0 Å². The Morgan fingerprint density at radius 1 is 1.47 bits per heavy atom. The molecular formula is C13H19NO. The molecule has 2 nitrogen and oxygen atoms in total. The summed E-state index contributed by atoms with van der Waals surface area (Å²) in [5, 5.41) is 0. The molecule has 2 heteroatoms. The minimum absolute atomic E-state index is 0.0331. The average molecular weight is 205 g/mol. The Balaban J connectivity index is 2.76. The van der Waals surface area contributed by atoms with Gasteiger partial charge < -0.3 is 10.5 Å². The van der Waals surface area contributed by atoms with Crippen molar-refractivity contribution in [2.45, 2.75) is 25.8 Å². The van der Waals surface area contributed by atoms with E-state index in [4.69, 9.17) is 10.5 Å². The molecule has 0 aliphatic rings. The molecule has 0 fully saturated rings. The second-order valence-electron chi connectivity index (χ2n) is 3.44. The zero-order valence-corrected chi connectivity index (χ0v) is 9.28. The standard InChI is InChI=1S/C13H19NO/c1-3-5-9-12(14)11-8-6-7-10-13(11)15-4-2/h3,6-8,10,12H,1,4-5,9,14H2,2H3. The lowest BCUT2D eigenvalue weighted by molar-refractivity contribution is 0.333. The summed E-state index contributed by atoms with van der Waals surface area (Å²) in [7, 11) is 0. The highest BCUT2D eigenvalue weighted by Crippen LogP contribution is 2.26. The maximum Gasteiger partial charge on any atom is 0.124 e. The first-order valence-electron chi connectivity index (χ1n) is 5.37. The Morgan fingerprint density at radius 3 is 2.87 bits per heavy atom. The molecule has 15 heavy (non-hydrogen) atoms. The lowest BCUT2D eigenvalue weighted by Gasteiger charge is -2.15. The van der Waals surface area contributed by atoms with Crippen LogP contribution in [0.4, 0.5) is 0 Å². The molecule has 0 bridgehead atoms. The average Bonchev–Trinajstić information content (AvgIpc) is 2.27. The number of ether oxygens (including phenoxy) is 1. The summed E-state index contributed by atoms with van der Waals surface area (Å²) >= 11 is 0. The van der Waals surface area contributed by atoms with E-state index >= 15 is 0 Å². The third-order valence-electron chi connectivity index (χ3n) is 2.30. The first-order valence-corrected chi connectivity index (χ1v) is 5.37. The molecular weight excluding hydrogens is 186 g/mol. The number of hydrogen-bond donors (Lipinski definition) is 1. The first kappa shape index (κ1) is 11.8. The highest BCUT2D eigenvalue weighted by Gasteiger charge is 2.10. The van der Waals surface area contributed by atoms with E-state index in [1.807, 2.05) is 37.3 Å². The monoisotopic (exact) mass is 205 g/mol. The summed E-state index contributed by atoms with van der Waals surface area (Å²) in [5.74, 6) is 0.900. The van der Waals surface area contributed by atoms with Gasteiger partial charge in [-0.2, -0.15) is 0 Å². The SMILES string of the molecule is C=CCCC(N)c1ccccc1OCC. The normalized spacial score (nSPS) is 12.1. The van der Waals surface area contributed by atoms with Crippen LogP contribution in [-0.2, 0) is 0 Å². The minimum Gasteiger partial charge on any atom is -0.494 e. The van der Waals surface area contributed by atoms with Crippen LogP contribution in [0.5, 0.6) is 5.75 Å². The zero-order valence-electron chi connectivity index (χ0n) is 9.28. The van der Waals surface area contributed by atoms with Crippen molar-refractivity contribution >= 4 is 0 Å². The minimum atomic E-state index is 0.0331. The molecule has 1 aromatic carbocycles. The molecule has 0 aliphatic heterocycles. The van der Waals surface area contributed by atoms with Gasteiger partial charge in [0.05, 0.1) is 6.61 Å². The Morgan fingerprint density at radius 2 is 2.20 bits per heavy atom. The maximum absolute atomic E-state index is 6.08. The number of benzene rings is 1. The highest BCUT2D eigenvalue weighted by atomic mass is 16.5. The van der Waals surface area contributed by atoms with Crippen LogP contribution in [0.15, 0.2) is 36.9 Å². The molecule has 0 heterocycles. The summed E-state index contributed by atoms with van der Waals surface area (Å²) < 4.78 is 5.53. The van der Waals surface area contributed by atoms with Crippen LogP contribution in [0.1, 0.15) is 31.4 Å². The number of nitrogens with two attached hydrogens (primary N) is 1. The van der Waals surface area contributed by atoms with E-state index < -0.39 is 0 Å². The predicted molar refractivity (Wildman–Crippen MR) is 64.0 cm³/mol. The van der Waals surface area contributed by atoms with Gasteiger partial charge >= 0.3 is 0 Å². The molecule has 82 valence electrons. The van der Waals surface area contributed by atoms with Gasteiger partial charge in [0.25, 0.3) is 0 Å². The van der Waals surface area contributed by atoms with Crippen LogP contribution in [0, 0.1) is 0 Å². The fourth-order valence-electron chi connectivity index (χ4n) is 1.53. The van der Waals surface area contributed by atoms with Crippen LogP contribution in [0.2, 0.25) is 0 Å². The van der Waals surface area contributed by atoms with Gasteiger partial charge in [-0.25, -0.2) is 0 Å². The van der Waals surface area contributed by atoms with Crippen molar-refractivity contribution in [2.24, 2.45) is 5.73 Å². The fraction of sp³-hybridized carbons (Fsp3) is 0.385. The lowest BCUT2D eigenvalue weighted by atomic mass is 10.0. The van der Waals surface area contributed by atoms with E-state index in [0.717, 1.165) is 24.2 Å². The molecule has 1 unspecified atom stereocenters. The van der Waals surface area contributed by atoms with Crippen LogP contribution < -0.4 is 10.5 Å². The Labute approximate surface area is 91.7 Å². The van der Waals surface area contributed by atoms with E-state index in [9.17, 15) is 0 Å². The van der Waals surface area contributed by atoms with Crippen molar-refractivity contribution in [1.29, 1.82) is 0 Å². The van der Waals surface area contributed by atoms with Crippen molar-refractivity contribution in [2.75, 3.05) is 6.61 Å². The van der Waals surface area contributed by atoms with E-state index in [1.54, 1.807) is 0 Å². The Kier molecular flexibility index (Phi) is 4.91. The van der Waals surface area contributed by atoms with Crippen molar-refractivity contribution in [3.05, 3.63) is 42.5 Å². The second-order valence-corrected chi connectivity index (χ2v) is 3.44. The van der Waals surface area contributed by atoms with Gasteiger partial charge in [0.15, 0.2) is 0 Å². The van der Waals surface area contributed by atoms with Crippen LogP contribution in [-0.4, -0.2) is 6.61 Å². The van der Waals surface area contributed by atoms with Gasteiger partial charge in [-0.1, -0.05) is 24.3 Å². The molecule has 0 saturated carbocycles. The number of hydrogen-bond acceptors (Lipinski definition) is 2. The van der Waals surface area contributed by atoms with E-state index in [2.05, 4.69) is 6.58 Å². The van der Waals surface area contributed by atoms with Crippen molar-refractivity contribution in [1.82, 2.24) is 0 Å². The van der Waals surface area contributed by atoms with Gasteiger partial charge in [-0.15, -0.1) is 6.58 Å². The van der Waals surface area contributed by atoms with E-state index in [-0.39, 0.29) is 6.04 Å². The molecule has 0 radical (unpaired) electrons. The topological polar surface area (TPSA) is 35.2 Å². The lowest BCUT2D eigenvalue weighted by Crippen LogP contribution is -2.11.